The number of amides is 1. The third-order valence-electron chi connectivity index (χ3n) is 2.59. The molecule has 0 saturated heterocycles. The summed E-state index contributed by atoms with van der Waals surface area (Å²) < 4.78 is 0. The second kappa shape index (κ2) is 3.76. The smallest absolute Gasteiger partial charge is 0.407 e. The average Bonchev–Trinajstić information content (AvgIpc) is 2.04. The van der Waals surface area contributed by atoms with Crippen molar-refractivity contribution in [1.29, 1.82) is 0 Å². The molecular formula is C8H16N2O2. The zero-order valence-electron chi connectivity index (χ0n) is 7.36. The van der Waals surface area contributed by atoms with E-state index in [0.29, 0.717) is 0 Å². The van der Waals surface area contributed by atoms with Crippen LogP contribution >= 0.6 is 0 Å². The molecule has 1 aliphatic carbocycles. The summed E-state index contributed by atoms with van der Waals surface area (Å²) >= 11 is 0. The van der Waals surface area contributed by atoms with E-state index in [1.165, 1.54) is 4.90 Å². The second-order valence-electron chi connectivity index (χ2n) is 3.46. The van der Waals surface area contributed by atoms with Crippen LogP contribution in [0.4, 0.5) is 4.79 Å². The maximum absolute atomic E-state index is 10.6. The molecular weight excluding hydrogens is 156 g/mol. The number of carbonyl (C=O) groups is 1. The minimum Gasteiger partial charge on any atom is -0.465 e. The predicted molar refractivity (Wildman–Crippen MR) is 46.0 cm³/mol. The number of hydrogen-bond donors (Lipinski definition) is 2. The molecule has 0 aromatic rings. The first-order valence-corrected chi connectivity index (χ1v) is 4.32. The summed E-state index contributed by atoms with van der Waals surface area (Å²) in [6.45, 7) is 0. The Kier molecular flexibility index (Phi) is 2.92. The fourth-order valence-electron chi connectivity index (χ4n) is 1.65. The Morgan fingerprint density at radius 2 is 1.92 bits per heavy atom. The number of nitrogens with two attached hydrogens (primary N) is 1. The minimum absolute atomic E-state index is 0.183. The average molecular weight is 172 g/mol. The lowest BCUT2D eigenvalue weighted by Gasteiger charge is -2.31. The quantitative estimate of drug-likeness (QED) is 0.616. The molecule has 0 atom stereocenters. The molecule has 1 amide bonds. The van der Waals surface area contributed by atoms with Gasteiger partial charge in [-0.25, -0.2) is 4.79 Å². The number of carboxylic acid groups (broad SMARTS) is 1. The van der Waals surface area contributed by atoms with Gasteiger partial charge in [-0.1, -0.05) is 0 Å². The number of rotatable bonds is 1. The Hall–Kier alpha value is -0.770. The van der Waals surface area contributed by atoms with Gasteiger partial charge in [-0.3, -0.25) is 0 Å². The molecule has 0 aromatic carbocycles. The maximum Gasteiger partial charge on any atom is 0.407 e. The largest absolute Gasteiger partial charge is 0.465 e. The van der Waals surface area contributed by atoms with Crippen molar-refractivity contribution in [2.75, 3.05) is 7.05 Å². The second-order valence-corrected chi connectivity index (χ2v) is 3.46. The van der Waals surface area contributed by atoms with Gasteiger partial charge in [0.2, 0.25) is 0 Å². The Morgan fingerprint density at radius 3 is 2.33 bits per heavy atom. The van der Waals surface area contributed by atoms with Crippen LogP contribution in [0.3, 0.4) is 0 Å². The molecule has 1 rings (SSSR count). The highest BCUT2D eigenvalue weighted by Gasteiger charge is 2.24. The third-order valence-corrected chi connectivity index (χ3v) is 2.59. The topological polar surface area (TPSA) is 66.6 Å². The molecule has 12 heavy (non-hydrogen) atoms. The molecule has 4 heteroatoms. The molecule has 4 nitrogen and oxygen atoms in total. The van der Waals surface area contributed by atoms with Crippen LogP contribution in [0, 0.1) is 0 Å². The van der Waals surface area contributed by atoms with E-state index in [9.17, 15) is 4.79 Å². The Bertz CT molecular complexity index is 164. The van der Waals surface area contributed by atoms with Gasteiger partial charge < -0.3 is 15.7 Å². The summed E-state index contributed by atoms with van der Waals surface area (Å²) in [4.78, 5) is 12.0. The highest BCUT2D eigenvalue weighted by atomic mass is 16.4. The fraction of sp³-hybridized carbons (Fsp3) is 0.875. The summed E-state index contributed by atoms with van der Waals surface area (Å²) in [6.07, 6.45) is 2.87. The van der Waals surface area contributed by atoms with Gasteiger partial charge in [-0.15, -0.1) is 0 Å². The van der Waals surface area contributed by atoms with Crippen LogP contribution in [0.15, 0.2) is 0 Å². The Labute approximate surface area is 72.3 Å². The molecule has 0 bridgehead atoms. The Morgan fingerprint density at radius 1 is 1.42 bits per heavy atom. The standard InChI is InChI=1S/C8H16N2O2/c1-10(8(11)12)7-4-2-6(9)3-5-7/h6-7H,2-5,9H2,1H3,(H,11,12). The van der Waals surface area contributed by atoms with Gasteiger partial charge in [0.15, 0.2) is 0 Å². The molecule has 0 aliphatic heterocycles. The zero-order valence-corrected chi connectivity index (χ0v) is 7.36. The van der Waals surface area contributed by atoms with E-state index in [1.807, 2.05) is 0 Å². The maximum atomic E-state index is 10.6. The van der Waals surface area contributed by atoms with Crippen LogP contribution in [-0.4, -0.2) is 35.2 Å². The van der Waals surface area contributed by atoms with Crippen LogP contribution in [0.25, 0.3) is 0 Å². The number of nitrogens with zero attached hydrogens (tertiary/aromatic N) is 1. The van der Waals surface area contributed by atoms with Crippen molar-refractivity contribution in [2.24, 2.45) is 5.73 Å². The van der Waals surface area contributed by atoms with E-state index in [4.69, 9.17) is 10.8 Å². The van der Waals surface area contributed by atoms with Crippen molar-refractivity contribution in [3.63, 3.8) is 0 Å². The zero-order chi connectivity index (χ0) is 9.14. The molecule has 1 saturated carbocycles. The van der Waals surface area contributed by atoms with Crippen molar-refractivity contribution >= 4 is 6.09 Å². The van der Waals surface area contributed by atoms with E-state index in [0.717, 1.165) is 25.7 Å². The van der Waals surface area contributed by atoms with E-state index in [2.05, 4.69) is 0 Å². The van der Waals surface area contributed by atoms with Gasteiger partial charge in [-0.05, 0) is 25.7 Å². The molecule has 0 heterocycles. The van der Waals surface area contributed by atoms with Gasteiger partial charge in [0.25, 0.3) is 0 Å². The molecule has 3 N–H and O–H groups in total. The number of hydrogen-bond acceptors (Lipinski definition) is 2. The fourth-order valence-corrected chi connectivity index (χ4v) is 1.65. The Balaban J connectivity index is 2.39. The molecule has 0 spiro atoms. The SMILES string of the molecule is CN(C(=O)O)C1CCC(N)CC1. The molecule has 1 aliphatic rings. The molecule has 1 fully saturated rings. The van der Waals surface area contributed by atoms with Crippen molar-refractivity contribution < 1.29 is 9.90 Å². The summed E-state index contributed by atoms with van der Waals surface area (Å²) in [5, 5.41) is 8.69. The van der Waals surface area contributed by atoms with Crippen molar-refractivity contribution in [3.8, 4) is 0 Å². The first kappa shape index (κ1) is 9.32. The molecule has 70 valence electrons. The van der Waals surface area contributed by atoms with E-state index in [-0.39, 0.29) is 12.1 Å². The highest BCUT2D eigenvalue weighted by Crippen LogP contribution is 2.20. The first-order valence-electron chi connectivity index (χ1n) is 4.32. The molecule has 0 aromatic heterocycles. The molecule has 0 radical (unpaired) electrons. The summed E-state index contributed by atoms with van der Waals surface area (Å²) in [6, 6.07) is 0.464. The van der Waals surface area contributed by atoms with Crippen LogP contribution in [0.1, 0.15) is 25.7 Å². The van der Waals surface area contributed by atoms with Crippen LogP contribution < -0.4 is 5.73 Å². The van der Waals surface area contributed by atoms with Crippen molar-refractivity contribution in [1.82, 2.24) is 4.90 Å². The van der Waals surface area contributed by atoms with Crippen molar-refractivity contribution in [2.45, 2.75) is 37.8 Å². The minimum atomic E-state index is -0.838. The lowest BCUT2D eigenvalue weighted by Crippen LogP contribution is -2.41. The van der Waals surface area contributed by atoms with Gasteiger partial charge in [0, 0.05) is 19.1 Å². The van der Waals surface area contributed by atoms with Gasteiger partial charge in [-0.2, -0.15) is 0 Å². The van der Waals surface area contributed by atoms with Gasteiger partial charge in [0.05, 0.1) is 0 Å². The normalized spacial score (nSPS) is 29.8. The monoisotopic (exact) mass is 172 g/mol. The summed E-state index contributed by atoms with van der Waals surface area (Å²) in [5.74, 6) is 0. The van der Waals surface area contributed by atoms with Crippen LogP contribution in [0.2, 0.25) is 0 Å². The van der Waals surface area contributed by atoms with Gasteiger partial charge in [0.1, 0.15) is 0 Å². The lowest BCUT2D eigenvalue weighted by molar-refractivity contribution is 0.124. The first-order chi connectivity index (χ1) is 5.61. The third kappa shape index (κ3) is 2.11. The van der Waals surface area contributed by atoms with Crippen LogP contribution in [-0.2, 0) is 0 Å². The van der Waals surface area contributed by atoms with Crippen LogP contribution in [0.5, 0.6) is 0 Å². The van der Waals surface area contributed by atoms with Crippen molar-refractivity contribution in [3.05, 3.63) is 0 Å². The predicted octanol–water partition coefficient (Wildman–Crippen LogP) is 0.866. The van der Waals surface area contributed by atoms with E-state index in [1.54, 1.807) is 7.05 Å². The summed E-state index contributed by atoms with van der Waals surface area (Å²) in [7, 11) is 1.63. The summed E-state index contributed by atoms with van der Waals surface area (Å²) in [5.41, 5.74) is 5.71. The highest BCUT2D eigenvalue weighted by molar-refractivity contribution is 5.64. The van der Waals surface area contributed by atoms with E-state index >= 15 is 0 Å². The molecule has 0 unspecified atom stereocenters. The lowest BCUT2D eigenvalue weighted by atomic mass is 9.91. The van der Waals surface area contributed by atoms with Gasteiger partial charge >= 0.3 is 6.09 Å². The van der Waals surface area contributed by atoms with E-state index < -0.39 is 6.09 Å².